The van der Waals surface area contributed by atoms with Crippen molar-refractivity contribution in [2.45, 2.75) is 31.7 Å². The fourth-order valence-corrected chi connectivity index (χ4v) is 4.52. The quantitative estimate of drug-likeness (QED) is 0.779. The number of aliphatic carboxylic acids is 1. The summed E-state index contributed by atoms with van der Waals surface area (Å²) in [7, 11) is 0. The van der Waals surface area contributed by atoms with Gasteiger partial charge in [0.05, 0.1) is 5.92 Å². The number of amides is 2. The minimum Gasteiger partial charge on any atom is -0.481 e. The highest BCUT2D eigenvalue weighted by atomic mass is 32.1. The van der Waals surface area contributed by atoms with Gasteiger partial charge < -0.3 is 15.7 Å². The second-order valence-electron chi connectivity index (χ2n) is 5.95. The highest BCUT2D eigenvalue weighted by Gasteiger charge is 2.51. The van der Waals surface area contributed by atoms with E-state index >= 15 is 0 Å². The highest BCUT2D eigenvalue weighted by molar-refractivity contribution is 7.09. The number of carbonyl (C=O) groups is 2. The first kappa shape index (κ1) is 14.4. The first-order valence-electron chi connectivity index (χ1n) is 7.44. The maximum absolute atomic E-state index is 12.0. The van der Waals surface area contributed by atoms with E-state index in [4.69, 9.17) is 0 Å². The number of carboxylic acid groups (broad SMARTS) is 1. The number of hydrogen-bond acceptors (Lipinski definition) is 3. The fraction of sp³-hybridized carbons (Fsp3) is 0.600. The zero-order valence-corrected chi connectivity index (χ0v) is 12.6. The fourth-order valence-electron chi connectivity index (χ4n) is 3.81. The molecule has 2 fully saturated rings. The smallest absolute Gasteiger partial charge is 0.315 e. The molecule has 0 saturated heterocycles. The number of urea groups is 1. The number of hydrogen-bond donors (Lipinski definition) is 3. The molecule has 2 aliphatic carbocycles. The van der Waals surface area contributed by atoms with Crippen molar-refractivity contribution < 1.29 is 14.7 Å². The van der Waals surface area contributed by atoms with E-state index in [2.05, 4.69) is 10.6 Å². The zero-order valence-electron chi connectivity index (χ0n) is 11.7. The molecule has 0 radical (unpaired) electrons. The molecule has 3 N–H and O–H groups in total. The van der Waals surface area contributed by atoms with Crippen LogP contribution in [0.3, 0.4) is 0 Å². The van der Waals surface area contributed by atoms with Crippen LogP contribution in [0.4, 0.5) is 4.79 Å². The summed E-state index contributed by atoms with van der Waals surface area (Å²) in [4.78, 5) is 24.6. The van der Waals surface area contributed by atoms with Crippen molar-refractivity contribution in [1.82, 2.24) is 10.6 Å². The van der Waals surface area contributed by atoms with E-state index in [1.165, 1.54) is 4.88 Å². The normalized spacial score (nSPS) is 30.3. The first-order valence-corrected chi connectivity index (χ1v) is 8.32. The lowest BCUT2D eigenvalue weighted by Gasteiger charge is -2.28. The third kappa shape index (κ3) is 3.05. The van der Waals surface area contributed by atoms with Gasteiger partial charge in [0.2, 0.25) is 0 Å². The van der Waals surface area contributed by atoms with E-state index in [1.54, 1.807) is 11.3 Å². The summed E-state index contributed by atoms with van der Waals surface area (Å²) < 4.78 is 0. The molecule has 6 heteroatoms. The lowest BCUT2D eigenvalue weighted by molar-refractivity contribution is -0.144. The van der Waals surface area contributed by atoms with Crippen LogP contribution in [0, 0.1) is 17.8 Å². The standard InChI is InChI=1S/C15H20N2O3S/c18-14(19)12-9-3-4-10(8-9)13(12)17-15(20)16-6-5-11-2-1-7-21-11/h1-2,7,9-10,12-13H,3-6,8H2,(H,18,19)(H2,16,17,20). The molecule has 4 unspecified atom stereocenters. The Morgan fingerprint density at radius 3 is 2.86 bits per heavy atom. The average Bonchev–Trinajstić information content (AvgIpc) is 3.14. The number of thiophene rings is 1. The topological polar surface area (TPSA) is 78.4 Å². The van der Waals surface area contributed by atoms with E-state index in [9.17, 15) is 14.7 Å². The van der Waals surface area contributed by atoms with Gasteiger partial charge in [-0.05, 0) is 49.0 Å². The number of carboxylic acids is 1. The maximum Gasteiger partial charge on any atom is 0.315 e. The Bertz CT molecular complexity index is 517. The molecule has 21 heavy (non-hydrogen) atoms. The Labute approximate surface area is 127 Å². The van der Waals surface area contributed by atoms with Crippen LogP contribution < -0.4 is 10.6 Å². The molecule has 0 aromatic carbocycles. The molecule has 5 nitrogen and oxygen atoms in total. The van der Waals surface area contributed by atoms with Crippen LogP contribution in [-0.2, 0) is 11.2 Å². The summed E-state index contributed by atoms with van der Waals surface area (Å²) in [6, 6.07) is 3.59. The molecule has 1 aromatic rings. The van der Waals surface area contributed by atoms with Crippen molar-refractivity contribution in [1.29, 1.82) is 0 Å². The lowest BCUT2D eigenvalue weighted by Crippen LogP contribution is -2.50. The van der Waals surface area contributed by atoms with E-state index in [0.717, 1.165) is 25.7 Å². The van der Waals surface area contributed by atoms with Crippen molar-refractivity contribution in [2.75, 3.05) is 6.54 Å². The van der Waals surface area contributed by atoms with Gasteiger partial charge >= 0.3 is 12.0 Å². The number of nitrogens with one attached hydrogen (secondary N) is 2. The number of carbonyl (C=O) groups excluding carboxylic acids is 1. The van der Waals surface area contributed by atoms with E-state index in [0.29, 0.717) is 12.5 Å². The lowest BCUT2D eigenvalue weighted by atomic mass is 9.84. The van der Waals surface area contributed by atoms with Gasteiger partial charge in [0.1, 0.15) is 0 Å². The largest absolute Gasteiger partial charge is 0.481 e. The molecular formula is C15H20N2O3S. The third-order valence-electron chi connectivity index (χ3n) is 4.74. The van der Waals surface area contributed by atoms with Crippen LogP contribution in [0.25, 0.3) is 0 Å². The molecule has 0 aliphatic heterocycles. The molecule has 114 valence electrons. The maximum atomic E-state index is 12.0. The van der Waals surface area contributed by atoms with Crippen molar-refractivity contribution in [2.24, 2.45) is 17.8 Å². The molecule has 2 saturated carbocycles. The molecule has 2 bridgehead atoms. The summed E-state index contributed by atoms with van der Waals surface area (Å²) in [5.74, 6) is -0.610. The summed E-state index contributed by atoms with van der Waals surface area (Å²) in [5, 5.41) is 17.1. The van der Waals surface area contributed by atoms with Crippen molar-refractivity contribution >= 4 is 23.3 Å². The van der Waals surface area contributed by atoms with E-state index in [1.807, 2.05) is 17.5 Å². The average molecular weight is 308 g/mol. The summed E-state index contributed by atoms with van der Waals surface area (Å²) in [6.45, 7) is 0.574. The Balaban J connectivity index is 1.49. The van der Waals surface area contributed by atoms with Crippen LogP contribution in [0.2, 0.25) is 0 Å². The second kappa shape index (κ2) is 6.05. The summed E-state index contributed by atoms with van der Waals surface area (Å²) >= 11 is 1.67. The van der Waals surface area contributed by atoms with E-state index < -0.39 is 11.9 Å². The van der Waals surface area contributed by atoms with Gasteiger partial charge in [-0.3, -0.25) is 4.79 Å². The molecule has 1 heterocycles. The minimum atomic E-state index is -0.772. The van der Waals surface area contributed by atoms with Gasteiger partial charge in [0.25, 0.3) is 0 Å². The SMILES string of the molecule is O=C(NCCc1cccs1)NC1C2CCC(C2)C1C(=O)O. The summed E-state index contributed by atoms with van der Waals surface area (Å²) in [5.41, 5.74) is 0. The van der Waals surface area contributed by atoms with Crippen LogP contribution in [0.1, 0.15) is 24.1 Å². The molecule has 1 aromatic heterocycles. The van der Waals surface area contributed by atoms with Gasteiger partial charge in [-0.25, -0.2) is 4.79 Å². The predicted octanol–water partition coefficient (Wildman–Crippen LogP) is 2.09. The molecular weight excluding hydrogens is 288 g/mol. The molecule has 0 spiro atoms. The van der Waals surface area contributed by atoms with Gasteiger partial charge in [0, 0.05) is 17.5 Å². The predicted molar refractivity (Wildman–Crippen MR) is 80.3 cm³/mol. The minimum absolute atomic E-state index is 0.206. The van der Waals surface area contributed by atoms with Gasteiger partial charge in [-0.15, -0.1) is 11.3 Å². The second-order valence-corrected chi connectivity index (χ2v) is 6.98. The number of fused-ring (bicyclic) bond motifs is 2. The Morgan fingerprint density at radius 2 is 2.14 bits per heavy atom. The van der Waals surface area contributed by atoms with Gasteiger partial charge in [-0.1, -0.05) is 6.07 Å². The first-order chi connectivity index (χ1) is 10.1. The van der Waals surface area contributed by atoms with E-state index in [-0.39, 0.29) is 18.0 Å². The van der Waals surface area contributed by atoms with Gasteiger partial charge in [0.15, 0.2) is 0 Å². The van der Waals surface area contributed by atoms with Crippen molar-refractivity contribution in [3.05, 3.63) is 22.4 Å². The Morgan fingerprint density at radius 1 is 1.33 bits per heavy atom. The number of rotatable bonds is 5. The van der Waals surface area contributed by atoms with Crippen LogP contribution in [-0.4, -0.2) is 29.7 Å². The van der Waals surface area contributed by atoms with Crippen LogP contribution >= 0.6 is 11.3 Å². The Kier molecular flexibility index (Phi) is 4.14. The van der Waals surface area contributed by atoms with Gasteiger partial charge in [-0.2, -0.15) is 0 Å². The molecule has 2 aliphatic rings. The monoisotopic (exact) mass is 308 g/mol. The van der Waals surface area contributed by atoms with Crippen molar-refractivity contribution in [3.8, 4) is 0 Å². The zero-order chi connectivity index (χ0) is 14.8. The Hall–Kier alpha value is -1.56. The molecule has 3 rings (SSSR count). The third-order valence-corrected chi connectivity index (χ3v) is 5.67. The molecule has 2 amide bonds. The molecule has 4 atom stereocenters. The van der Waals surface area contributed by atoms with Crippen molar-refractivity contribution in [3.63, 3.8) is 0 Å². The van der Waals surface area contributed by atoms with Crippen LogP contribution in [0.5, 0.6) is 0 Å². The van der Waals surface area contributed by atoms with Crippen LogP contribution in [0.15, 0.2) is 17.5 Å². The summed E-state index contributed by atoms with van der Waals surface area (Å²) in [6.07, 6.45) is 3.77. The highest BCUT2D eigenvalue weighted by Crippen LogP contribution is 2.48.